The van der Waals surface area contributed by atoms with Crippen LogP contribution in [0.25, 0.3) is 55.8 Å². The van der Waals surface area contributed by atoms with Gasteiger partial charge in [0.15, 0.2) is 5.82 Å². The molecule has 0 saturated carbocycles. The molecule has 0 atom stereocenters. The average molecular weight is 597 g/mol. The van der Waals surface area contributed by atoms with Gasteiger partial charge < -0.3 is 4.98 Å². The number of aromatic amines is 2. The third kappa shape index (κ3) is 5.76. The van der Waals surface area contributed by atoms with Crippen LogP contribution in [0.15, 0.2) is 67.1 Å². The Bertz CT molecular complexity index is 2080. The van der Waals surface area contributed by atoms with E-state index in [0.29, 0.717) is 39.4 Å². The second kappa shape index (κ2) is 11.0. The Morgan fingerprint density at radius 3 is 2.60 bits per heavy atom. The fourth-order valence-corrected chi connectivity index (χ4v) is 6.10. The van der Waals surface area contributed by atoms with E-state index in [1.54, 1.807) is 18.3 Å². The van der Waals surface area contributed by atoms with E-state index in [1.807, 2.05) is 18.5 Å². The number of rotatable bonds is 8. The monoisotopic (exact) mass is 596 g/mol. The third-order valence-corrected chi connectivity index (χ3v) is 8.36. The molecule has 5 heterocycles. The first-order valence-corrected chi connectivity index (χ1v) is 15.9. The number of hydrogen-bond acceptors (Lipinski definition) is 7. The molecule has 218 valence electrons. The van der Waals surface area contributed by atoms with Gasteiger partial charge in [-0.1, -0.05) is 6.07 Å². The van der Waals surface area contributed by atoms with Gasteiger partial charge in [-0.3, -0.25) is 20.0 Å². The standard InChI is InChI=1S/C31H29FN8O2S/c1-43(41,42)35-16-19-10-22(13-24(32)12-19)28-30-27(6-7-34-28)36-31(37-30)29-25-14-21(4-5-26(25)38-39-29)23-11-20(15-33-17-23)18-40-8-2-3-9-40/h4-7,10-15,17,35H,2-3,8-9,16,18H2,1H3,(H,36,37)(H,38,39). The highest BCUT2D eigenvalue weighted by atomic mass is 32.2. The van der Waals surface area contributed by atoms with Gasteiger partial charge >= 0.3 is 0 Å². The number of fused-ring (bicyclic) bond motifs is 2. The van der Waals surface area contributed by atoms with Crippen LogP contribution in [0.3, 0.4) is 0 Å². The second-order valence-corrected chi connectivity index (χ2v) is 12.8. The van der Waals surface area contributed by atoms with Crippen molar-refractivity contribution in [1.82, 2.24) is 39.8 Å². The number of benzene rings is 2. The van der Waals surface area contributed by atoms with Gasteiger partial charge in [0.05, 0.1) is 23.0 Å². The fourth-order valence-electron chi connectivity index (χ4n) is 5.67. The lowest BCUT2D eigenvalue weighted by Gasteiger charge is -2.14. The normalized spacial score (nSPS) is 14.3. The molecule has 10 nitrogen and oxygen atoms in total. The van der Waals surface area contributed by atoms with E-state index in [9.17, 15) is 12.8 Å². The molecule has 7 rings (SSSR count). The van der Waals surface area contributed by atoms with Gasteiger partial charge in [0.2, 0.25) is 10.0 Å². The van der Waals surface area contributed by atoms with Crippen LogP contribution in [-0.2, 0) is 23.1 Å². The zero-order valence-corrected chi connectivity index (χ0v) is 24.2. The number of hydrogen-bond donors (Lipinski definition) is 3. The molecule has 43 heavy (non-hydrogen) atoms. The number of likely N-dealkylation sites (tertiary alicyclic amines) is 1. The lowest BCUT2D eigenvalue weighted by molar-refractivity contribution is 0.331. The van der Waals surface area contributed by atoms with E-state index >= 15 is 0 Å². The van der Waals surface area contributed by atoms with Crippen molar-refractivity contribution in [2.75, 3.05) is 19.3 Å². The van der Waals surface area contributed by atoms with Gasteiger partial charge in [-0.15, -0.1) is 0 Å². The number of aromatic nitrogens is 6. The van der Waals surface area contributed by atoms with Crippen LogP contribution < -0.4 is 4.72 Å². The van der Waals surface area contributed by atoms with Gasteiger partial charge in [-0.05, 0) is 85.1 Å². The smallest absolute Gasteiger partial charge is 0.209 e. The molecule has 0 bridgehead atoms. The quantitative estimate of drug-likeness (QED) is 0.225. The summed E-state index contributed by atoms with van der Waals surface area (Å²) < 4.78 is 40.1. The lowest BCUT2D eigenvalue weighted by atomic mass is 10.0. The number of nitrogens with zero attached hydrogens (tertiary/aromatic N) is 5. The van der Waals surface area contributed by atoms with Gasteiger partial charge in [0, 0.05) is 48.2 Å². The molecule has 1 aliphatic rings. The zero-order chi connectivity index (χ0) is 29.6. The number of H-pyrrole nitrogens is 2. The Kier molecular flexibility index (Phi) is 6.96. The van der Waals surface area contributed by atoms with Crippen molar-refractivity contribution in [1.29, 1.82) is 0 Å². The molecule has 0 radical (unpaired) electrons. The Labute approximate surface area is 247 Å². The topological polar surface area (TPSA) is 133 Å². The largest absolute Gasteiger partial charge is 0.336 e. The van der Waals surface area contributed by atoms with Crippen molar-refractivity contribution in [3.63, 3.8) is 0 Å². The summed E-state index contributed by atoms with van der Waals surface area (Å²) in [6, 6.07) is 14.5. The van der Waals surface area contributed by atoms with Crippen molar-refractivity contribution in [3.8, 4) is 33.9 Å². The highest BCUT2D eigenvalue weighted by molar-refractivity contribution is 7.88. The number of nitrogens with one attached hydrogen (secondary N) is 3. The van der Waals surface area contributed by atoms with Gasteiger partial charge in [0.25, 0.3) is 0 Å². The summed E-state index contributed by atoms with van der Waals surface area (Å²) in [4.78, 5) is 19.7. The van der Waals surface area contributed by atoms with Crippen molar-refractivity contribution < 1.29 is 12.8 Å². The number of sulfonamides is 1. The first-order valence-electron chi connectivity index (χ1n) is 14.0. The van der Waals surface area contributed by atoms with Gasteiger partial charge in [-0.25, -0.2) is 22.5 Å². The van der Waals surface area contributed by atoms with E-state index in [0.717, 1.165) is 47.9 Å². The summed E-state index contributed by atoms with van der Waals surface area (Å²) in [5.74, 6) is 0.0473. The van der Waals surface area contributed by atoms with Crippen molar-refractivity contribution >= 4 is 32.0 Å². The van der Waals surface area contributed by atoms with Crippen LogP contribution >= 0.6 is 0 Å². The summed E-state index contributed by atoms with van der Waals surface area (Å²) in [6.07, 6.45) is 9.00. The number of halogens is 1. The van der Waals surface area contributed by atoms with Crippen molar-refractivity contribution in [2.24, 2.45) is 0 Å². The molecule has 0 unspecified atom stereocenters. The first-order chi connectivity index (χ1) is 20.8. The summed E-state index contributed by atoms with van der Waals surface area (Å²) in [5, 5.41) is 8.58. The van der Waals surface area contributed by atoms with Crippen LogP contribution in [0.4, 0.5) is 4.39 Å². The molecular weight excluding hydrogens is 567 g/mol. The zero-order valence-electron chi connectivity index (χ0n) is 23.4. The predicted molar refractivity (Wildman–Crippen MR) is 164 cm³/mol. The van der Waals surface area contributed by atoms with Crippen molar-refractivity contribution in [2.45, 2.75) is 25.9 Å². The number of pyridine rings is 2. The van der Waals surface area contributed by atoms with Gasteiger partial charge in [0.1, 0.15) is 17.0 Å². The summed E-state index contributed by atoms with van der Waals surface area (Å²) in [7, 11) is -3.44. The molecule has 0 aliphatic carbocycles. The van der Waals surface area contributed by atoms with E-state index < -0.39 is 15.8 Å². The second-order valence-electron chi connectivity index (χ2n) is 11.0. The minimum Gasteiger partial charge on any atom is -0.336 e. The number of imidazole rings is 1. The minimum absolute atomic E-state index is 0.0380. The van der Waals surface area contributed by atoms with E-state index in [2.05, 4.69) is 53.0 Å². The minimum atomic E-state index is -3.44. The molecule has 1 saturated heterocycles. The SMILES string of the molecule is CS(=O)(=O)NCc1cc(F)cc(-c2nccc3[nH]c(-c4n[nH]c5ccc(-c6cncc(CN7CCCC7)c6)cc45)nc23)c1. The van der Waals surface area contributed by atoms with E-state index in [-0.39, 0.29) is 6.54 Å². The summed E-state index contributed by atoms with van der Waals surface area (Å²) in [5.41, 5.74) is 7.47. The molecule has 12 heteroatoms. The summed E-state index contributed by atoms with van der Waals surface area (Å²) in [6.45, 7) is 3.12. The molecule has 1 aliphatic heterocycles. The Hall–Kier alpha value is -4.52. The maximum Gasteiger partial charge on any atom is 0.209 e. The predicted octanol–water partition coefficient (Wildman–Crippen LogP) is 5.01. The lowest BCUT2D eigenvalue weighted by Crippen LogP contribution is -2.21. The average Bonchev–Trinajstić information content (AvgIpc) is 3.75. The van der Waals surface area contributed by atoms with Crippen LogP contribution in [0.2, 0.25) is 0 Å². The molecular formula is C31H29FN8O2S. The molecule has 2 aromatic carbocycles. The Morgan fingerprint density at radius 1 is 0.930 bits per heavy atom. The molecule has 0 spiro atoms. The molecule has 6 aromatic rings. The molecule has 1 fully saturated rings. The third-order valence-electron chi connectivity index (χ3n) is 7.69. The molecule has 4 aromatic heterocycles. The highest BCUT2D eigenvalue weighted by Crippen LogP contribution is 2.33. The van der Waals surface area contributed by atoms with E-state index in [4.69, 9.17) is 4.98 Å². The van der Waals surface area contributed by atoms with Crippen LogP contribution in [0.5, 0.6) is 0 Å². The van der Waals surface area contributed by atoms with E-state index in [1.165, 1.54) is 30.5 Å². The maximum absolute atomic E-state index is 14.6. The Morgan fingerprint density at radius 2 is 1.77 bits per heavy atom. The van der Waals surface area contributed by atoms with Crippen LogP contribution in [-0.4, -0.2) is 62.8 Å². The Balaban J connectivity index is 1.24. The van der Waals surface area contributed by atoms with Crippen LogP contribution in [0, 0.1) is 5.82 Å². The van der Waals surface area contributed by atoms with Gasteiger partial charge in [-0.2, -0.15) is 5.10 Å². The molecule has 0 amide bonds. The maximum atomic E-state index is 14.6. The first kappa shape index (κ1) is 27.3. The molecule has 3 N–H and O–H groups in total. The highest BCUT2D eigenvalue weighted by Gasteiger charge is 2.18. The fraction of sp³-hybridized carbons (Fsp3) is 0.226. The van der Waals surface area contributed by atoms with Crippen LogP contribution in [0.1, 0.15) is 24.0 Å². The van der Waals surface area contributed by atoms with Crippen molar-refractivity contribution in [3.05, 3.63) is 84.1 Å². The summed E-state index contributed by atoms with van der Waals surface area (Å²) >= 11 is 0.